The first-order valence-electron chi connectivity index (χ1n) is 14.1. The number of Topliss-reactive ketones (excluding diaryl/α,β-unsaturated/α-hetero) is 3. The number of aliphatic hydroxyl groups is 3. The highest BCUT2D eigenvalue weighted by Crippen LogP contribution is 2.54. The summed E-state index contributed by atoms with van der Waals surface area (Å²) in [5, 5.41) is 34.9. The second-order valence-electron chi connectivity index (χ2n) is 13.6. The van der Waals surface area contributed by atoms with Gasteiger partial charge in [0.15, 0.2) is 17.2 Å². The van der Waals surface area contributed by atoms with Crippen LogP contribution in [0.4, 0.5) is 10.5 Å². The average Bonchev–Trinajstić information content (AvgIpc) is 2.85. The Balaban J connectivity index is 1.72. The van der Waals surface area contributed by atoms with Gasteiger partial charge in [0.2, 0.25) is 5.78 Å². The molecule has 4 aliphatic rings. The molecule has 3 aliphatic carbocycles. The van der Waals surface area contributed by atoms with Crippen molar-refractivity contribution < 1.29 is 39.2 Å². The minimum Gasteiger partial charge on any atom is -0.508 e. The second kappa shape index (κ2) is 9.67. The molecule has 42 heavy (non-hydrogen) atoms. The lowest BCUT2D eigenvalue weighted by Crippen LogP contribution is -2.65. The molecule has 0 radical (unpaired) electrons. The van der Waals surface area contributed by atoms with Crippen LogP contribution in [0.3, 0.4) is 0 Å². The van der Waals surface area contributed by atoms with E-state index in [9.17, 15) is 34.5 Å². The second-order valence-corrected chi connectivity index (χ2v) is 13.6. The van der Waals surface area contributed by atoms with Crippen molar-refractivity contribution in [1.29, 1.82) is 0 Å². The van der Waals surface area contributed by atoms with Gasteiger partial charge in [-0.2, -0.15) is 0 Å². The summed E-state index contributed by atoms with van der Waals surface area (Å²) < 4.78 is 5.82. The normalized spacial score (nSPS) is 27.4. The number of ether oxygens (including phenoxy) is 1. The molecule has 3 N–H and O–H groups in total. The number of amides is 1. The Morgan fingerprint density at radius 3 is 2.33 bits per heavy atom. The van der Waals surface area contributed by atoms with Crippen LogP contribution in [0, 0.1) is 17.3 Å². The van der Waals surface area contributed by atoms with Crippen molar-refractivity contribution in [1.82, 2.24) is 9.80 Å². The molecular formula is C31H39N3O8. The molecule has 226 valence electrons. The largest absolute Gasteiger partial charge is 0.508 e. The van der Waals surface area contributed by atoms with Crippen LogP contribution in [0.25, 0.3) is 5.76 Å². The highest BCUT2D eigenvalue weighted by molar-refractivity contribution is 6.25. The van der Waals surface area contributed by atoms with E-state index in [0.29, 0.717) is 17.7 Å². The molecule has 1 fully saturated rings. The lowest BCUT2D eigenvalue weighted by Gasteiger charge is -2.50. The van der Waals surface area contributed by atoms with E-state index < -0.39 is 64.0 Å². The SMILES string of the molecule is CC(=O)C1=C(O)[C@@]2(O)C(=O)C3=C(O)c4c(c(N(C)C)cc5c4OC(=O)N(CC(C)(C)C)C5)C[C@H]3C[C@H]2[C@H](N(C)C)C1=O. The van der Waals surface area contributed by atoms with Crippen LogP contribution in [0.2, 0.25) is 0 Å². The van der Waals surface area contributed by atoms with Gasteiger partial charge in [0.25, 0.3) is 0 Å². The van der Waals surface area contributed by atoms with Gasteiger partial charge in [-0.05, 0) is 56.8 Å². The monoisotopic (exact) mass is 581 g/mol. The van der Waals surface area contributed by atoms with Crippen molar-refractivity contribution >= 4 is 34.9 Å². The molecule has 0 saturated heterocycles. The van der Waals surface area contributed by atoms with Gasteiger partial charge in [-0.3, -0.25) is 19.3 Å². The lowest BCUT2D eigenvalue weighted by atomic mass is 9.57. The van der Waals surface area contributed by atoms with E-state index in [1.54, 1.807) is 19.0 Å². The number of carbonyl (C=O) groups excluding carboxylic acids is 4. The first-order chi connectivity index (χ1) is 19.4. The van der Waals surface area contributed by atoms with Gasteiger partial charge in [0.05, 0.1) is 18.2 Å². The predicted molar refractivity (Wildman–Crippen MR) is 154 cm³/mol. The highest BCUT2D eigenvalue weighted by atomic mass is 16.6. The molecule has 1 amide bonds. The van der Waals surface area contributed by atoms with E-state index in [1.165, 1.54) is 4.90 Å². The molecule has 11 nitrogen and oxygen atoms in total. The van der Waals surface area contributed by atoms with Crippen LogP contribution in [-0.2, 0) is 27.3 Å². The van der Waals surface area contributed by atoms with E-state index in [2.05, 4.69) is 0 Å². The number of benzene rings is 1. The lowest BCUT2D eigenvalue weighted by molar-refractivity contribution is -0.153. The van der Waals surface area contributed by atoms with Gasteiger partial charge < -0.3 is 29.9 Å². The molecule has 5 rings (SSSR count). The Hall–Kier alpha value is -3.70. The van der Waals surface area contributed by atoms with Crippen LogP contribution in [0.15, 0.2) is 23.0 Å². The summed E-state index contributed by atoms with van der Waals surface area (Å²) in [5.74, 6) is -5.33. The van der Waals surface area contributed by atoms with Gasteiger partial charge in [-0.1, -0.05) is 20.8 Å². The minimum absolute atomic E-state index is 0.0774. The number of hydrogen-bond acceptors (Lipinski definition) is 10. The average molecular weight is 582 g/mol. The fraction of sp³-hybridized carbons (Fsp3) is 0.548. The van der Waals surface area contributed by atoms with Crippen molar-refractivity contribution in [3.05, 3.63) is 39.7 Å². The fourth-order valence-corrected chi connectivity index (χ4v) is 7.18. The van der Waals surface area contributed by atoms with Crippen molar-refractivity contribution in [2.75, 3.05) is 39.6 Å². The van der Waals surface area contributed by atoms with Gasteiger partial charge in [-0.25, -0.2) is 4.79 Å². The molecule has 0 bridgehead atoms. The molecule has 0 unspecified atom stereocenters. The number of carbonyl (C=O) groups is 4. The number of likely N-dealkylation sites (N-methyl/N-ethyl adjacent to an activating group) is 1. The number of hydrogen-bond donors (Lipinski definition) is 3. The summed E-state index contributed by atoms with van der Waals surface area (Å²) in [6, 6.07) is 0.876. The Kier molecular flexibility index (Phi) is 6.86. The zero-order valence-corrected chi connectivity index (χ0v) is 25.4. The van der Waals surface area contributed by atoms with E-state index in [4.69, 9.17) is 4.74 Å². The summed E-state index contributed by atoms with van der Waals surface area (Å²) in [4.78, 5) is 58.1. The quantitative estimate of drug-likeness (QED) is 0.454. The topological polar surface area (TPSA) is 148 Å². The maximum atomic E-state index is 14.2. The molecule has 1 heterocycles. The molecule has 11 heteroatoms. The molecule has 0 aromatic heterocycles. The van der Waals surface area contributed by atoms with Crippen molar-refractivity contribution in [3.8, 4) is 5.75 Å². The summed E-state index contributed by atoms with van der Waals surface area (Å²) in [7, 11) is 6.94. The van der Waals surface area contributed by atoms with E-state index in [0.717, 1.165) is 12.6 Å². The summed E-state index contributed by atoms with van der Waals surface area (Å²) in [6.07, 6.45) is -0.235. The predicted octanol–water partition coefficient (Wildman–Crippen LogP) is 2.79. The van der Waals surface area contributed by atoms with Gasteiger partial charge in [0, 0.05) is 43.4 Å². The molecule has 0 spiro atoms. The zero-order chi connectivity index (χ0) is 31.2. The Morgan fingerprint density at radius 1 is 1.14 bits per heavy atom. The molecule has 1 aromatic rings. The Bertz CT molecular complexity index is 1500. The van der Waals surface area contributed by atoms with Crippen LogP contribution in [0.1, 0.15) is 50.8 Å². The van der Waals surface area contributed by atoms with E-state index in [-0.39, 0.29) is 41.7 Å². The number of anilines is 1. The van der Waals surface area contributed by atoms with Crippen LogP contribution in [-0.4, -0.2) is 94.9 Å². The maximum absolute atomic E-state index is 14.2. The van der Waals surface area contributed by atoms with Crippen molar-refractivity contribution in [2.45, 2.75) is 58.7 Å². The van der Waals surface area contributed by atoms with E-state index >= 15 is 0 Å². The third-order valence-corrected chi connectivity index (χ3v) is 8.82. The number of nitrogens with zero attached hydrogens (tertiary/aromatic N) is 3. The van der Waals surface area contributed by atoms with Crippen molar-refractivity contribution in [2.24, 2.45) is 17.3 Å². The van der Waals surface area contributed by atoms with E-state index in [1.807, 2.05) is 45.8 Å². The summed E-state index contributed by atoms with van der Waals surface area (Å²) in [5.41, 5.74) is -1.20. The first kappa shape index (κ1) is 29.8. The highest BCUT2D eigenvalue weighted by Gasteiger charge is 2.64. The Labute approximate surface area is 245 Å². The van der Waals surface area contributed by atoms with Gasteiger partial charge >= 0.3 is 6.09 Å². The standard InChI is InChI=1S/C31H39N3O8/c1-14(35)20-25(37)23(33(7)8)18-10-15-9-17-19(32(5)6)11-16-12-34(13-30(2,3)4)29(40)42-26(16)22(17)24(36)21(15)28(39)31(18,41)27(20)38/h11,15,18,23,36,38,41H,9-10,12-13H2,1-8H3/t15-,18-,23-,31+/m0/s1. The van der Waals surface area contributed by atoms with Crippen LogP contribution in [0.5, 0.6) is 5.75 Å². The molecule has 4 atom stereocenters. The molecule has 1 aromatic carbocycles. The van der Waals surface area contributed by atoms with Crippen LogP contribution < -0.4 is 9.64 Å². The third kappa shape index (κ3) is 4.24. The molecule has 1 saturated carbocycles. The summed E-state index contributed by atoms with van der Waals surface area (Å²) in [6.45, 7) is 7.81. The minimum atomic E-state index is -2.60. The van der Waals surface area contributed by atoms with Gasteiger partial charge in [-0.15, -0.1) is 0 Å². The smallest absolute Gasteiger partial charge is 0.415 e. The van der Waals surface area contributed by atoms with Gasteiger partial charge in [0.1, 0.15) is 22.8 Å². The number of fused-ring (bicyclic) bond motifs is 5. The number of aliphatic hydroxyl groups excluding tert-OH is 2. The summed E-state index contributed by atoms with van der Waals surface area (Å²) >= 11 is 0. The first-order valence-corrected chi connectivity index (χ1v) is 14.1. The number of rotatable bonds is 4. The maximum Gasteiger partial charge on any atom is 0.415 e. The third-order valence-electron chi connectivity index (χ3n) is 8.82. The molecule has 1 aliphatic heterocycles. The zero-order valence-electron chi connectivity index (χ0n) is 25.4. The Morgan fingerprint density at radius 2 is 1.79 bits per heavy atom. The van der Waals surface area contributed by atoms with Crippen LogP contribution >= 0.6 is 0 Å². The number of ketones is 3. The van der Waals surface area contributed by atoms with Crippen molar-refractivity contribution in [3.63, 3.8) is 0 Å². The molecular weight excluding hydrogens is 542 g/mol. The fourth-order valence-electron chi connectivity index (χ4n) is 7.18.